The topological polar surface area (TPSA) is 24.7 Å². The summed E-state index contributed by atoms with van der Waals surface area (Å²) >= 11 is 0. The summed E-state index contributed by atoms with van der Waals surface area (Å²) in [4.78, 5) is 9.68. The van der Waals surface area contributed by atoms with E-state index in [0.29, 0.717) is 23.7 Å². The molecule has 0 saturated carbocycles. The molecule has 2 rings (SSSR count). The fraction of sp³-hybridized carbons (Fsp3) is 0.462. The zero-order chi connectivity index (χ0) is 20.8. The van der Waals surface area contributed by atoms with Gasteiger partial charge in [0.2, 0.25) is 0 Å². The van der Waals surface area contributed by atoms with Gasteiger partial charge in [0, 0.05) is 12.4 Å². The summed E-state index contributed by atoms with van der Waals surface area (Å²) < 4.78 is 0. The molecule has 0 saturated heterocycles. The van der Waals surface area contributed by atoms with Crippen molar-refractivity contribution in [3.8, 4) is 0 Å². The standard InChI is InChI=1S/C26H36N2.7ClH.Re/c1-17(2)21-11-9-12-22(18(3)4)25(21)27-15-16-28-26-23(19(5)6)13-10-14-24(26)20(7)8;;;;;;;;/h9-20H,1-8H3;7*1H;/q;;;;;;;;+7/p-7. The van der Waals surface area contributed by atoms with Crippen LogP contribution in [-0.2, 0) is 20.4 Å². The summed E-state index contributed by atoms with van der Waals surface area (Å²) in [6.07, 6.45) is 3.71. The Morgan fingerprint density at radius 3 is 0.806 bits per heavy atom. The molecule has 36 heavy (non-hydrogen) atoms. The number of hydrogen-bond acceptors (Lipinski definition) is 2. The van der Waals surface area contributed by atoms with Crippen LogP contribution in [0.15, 0.2) is 46.4 Å². The van der Waals surface area contributed by atoms with E-state index >= 15 is 0 Å². The van der Waals surface area contributed by atoms with E-state index in [1.807, 2.05) is 12.4 Å². The molecular weight excluding hydrogens is 775 g/mol. The zero-order valence-electron chi connectivity index (χ0n) is 21.8. The minimum absolute atomic E-state index is 0. The van der Waals surface area contributed by atoms with Crippen molar-refractivity contribution in [3.05, 3.63) is 58.7 Å². The second-order valence-corrected chi connectivity index (χ2v) is 8.75. The molecule has 10 heteroatoms. The number of halogens is 7. The van der Waals surface area contributed by atoms with Crippen LogP contribution in [0.3, 0.4) is 0 Å². The van der Waals surface area contributed by atoms with Crippen molar-refractivity contribution in [1.29, 1.82) is 0 Å². The van der Waals surface area contributed by atoms with E-state index in [9.17, 15) is 0 Å². The molecule has 0 aromatic heterocycles. The molecule has 2 aromatic rings. The Balaban J connectivity index is -0.000000210. The summed E-state index contributed by atoms with van der Waals surface area (Å²) in [6, 6.07) is 13.0. The van der Waals surface area contributed by atoms with Gasteiger partial charge in [0.25, 0.3) is 0 Å². The van der Waals surface area contributed by atoms with Gasteiger partial charge < -0.3 is 86.8 Å². The first-order valence-corrected chi connectivity index (χ1v) is 10.6. The maximum atomic E-state index is 4.84. The van der Waals surface area contributed by atoms with Gasteiger partial charge in [-0.3, -0.25) is 9.98 Å². The summed E-state index contributed by atoms with van der Waals surface area (Å²) in [6.45, 7) is 17.8. The molecule has 0 atom stereocenters. The van der Waals surface area contributed by atoms with Crippen molar-refractivity contribution >= 4 is 23.8 Å². The van der Waals surface area contributed by atoms with Crippen molar-refractivity contribution in [1.82, 2.24) is 0 Å². The second kappa shape index (κ2) is 25.7. The van der Waals surface area contributed by atoms with E-state index in [0.717, 1.165) is 11.4 Å². The quantitative estimate of drug-likeness (QED) is 0.249. The van der Waals surface area contributed by atoms with Crippen LogP contribution < -0.4 is 86.8 Å². The fourth-order valence-electron chi connectivity index (χ4n) is 3.54. The number of nitrogens with zero attached hydrogens (tertiary/aromatic N) is 2. The third-order valence-corrected chi connectivity index (χ3v) is 5.16. The van der Waals surface area contributed by atoms with Crippen molar-refractivity contribution in [2.45, 2.75) is 79.1 Å². The normalized spacial score (nSPS) is 9.78. The van der Waals surface area contributed by atoms with Crippen molar-refractivity contribution in [2.75, 3.05) is 0 Å². The minimum atomic E-state index is 0. The SMILES string of the molecule is CC(C)c1cccc(C(C)C)c1N=CC=Nc1c(C(C)C)cccc1C(C)C.[Cl-].[Cl-].[Cl-].[Cl-].[Cl-].[Cl-].[Cl-].[Re+7]. The van der Waals surface area contributed by atoms with Gasteiger partial charge in [-0.1, -0.05) is 91.8 Å². The predicted molar refractivity (Wildman–Crippen MR) is 126 cm³/mol. The van der Waals surface area contributed by atoms with E-state index < -0.39 is 0 Å². The fourth-order valence-corrected chi connectivity index (χ4v) is 3.54. The van der Waals surface area contributed by atoms with Crippen molar-refractivity contribution in [3.63, 3.8) is 0 Å². The zero-order valence-corrected chi connectivity index (χ0v) is 29.9. The van der Waals surface area contributed by atoms with E-state index in [1.54, 1.807) is 0 Å². The Bertz CT molecular complexity index is 747. The largest absolute Gasteiger partial charge is 7.00 e. The van der Waals surface area contributed by atoms with Gasteiger partial charge in [-0.15, -0.1) is 0 Å². The van der Waals surface area contributed by atoms with Gasteiger partial charge in [0.05, 0.1) is 11.4 Å². The molecule has 2 nitrogen and oxygen atoms in total. The predicted octanol–water partition coefficient (Wildman–Crippen LogP) is -12.7. The van der Waals surface area contributed by atoms with Crippen LogP contribution in [0.25, 0.3) is 0 Å². The second-order valence-electron chi connectivity index (χ2n) is 8.75. The van der Waals surface area contributed by atoms with Gasteiger partial charge in [0.15, 0.2) is 0 Å². The Kier molecular flexibility index (Phi) is 37.8. The van der Waals surface area contributed by atoms with Gasteiger partial charge in [-0.25, -0.2) is 0 Å². The first-order valence-electron chi connectivity index (χ1n) is 10.6. The van der Waals surface area contributed by atoms with Crippen LogP contribution in [0, 0.1) is 0 Å². The molecule has 0 radical (unpaired) electrons. The Hall–Kier alpha value is 0.472. The van der Waals surface area contributed by atoms with Gasteiger partial charge >= 0.3 is 20.4 Å². The molecular formula is C26H36Cl7N2Re. The Morgan fingerprint density at radius 2 is 0.639 bits per heavy atom. The Labute approximate surface area is 276 Å². The monoisotopic (exact) mass is 808 g/mol. The van der Waals surface area contributed by atoms with Crippen LogP contribution >= 0.6 is 0 Å². The number of benzene rings is 2. The summed E-state index contributed by atoms with van der Waals surface area (Å²) in [5.41, 5.74) is 7.37. The van der Waals surface area contributed by atoms with Crippen LogP contribution in [0.2, 0.25) is 0 Å². The molecule has 0 N–H and O–H groups in total. The van der Waals surface area contributed by atoms with Crippen molar-refractivity contribution < 1.29 is 107 Å². The van der Waals surface area contributed by atoms with Crippen LogP contribution in [0.1, 0.15) is 101 Å². The summed E-state index contributed by atoms with van der Waals surface area (Å²) in [5.74, 6) is 1.77. The number of rotatable bonds is 7. The van der Waals surface area contributed by atoms with E-state index in [1.165, 1.54) is 22.3 Å². The van der Waals surface area contributed by atoms with Gasteiger partial charge in [-0.2, -0.15) is 0 Å². The summed E-state index contributed by atoms with van der Waals surface area (Å²) in [5, 5.41) is 0. The number of aliphatic imine (C=N–C) groups is 2. The van der Waals surface area contributed by atoms with Crippen molar-refractivity contribution in [2.24, 2.45) is 9.98 Å². The van der Waals surface area contributed by atoms with E-state index in [4.69, 9.17) is 9.98 Å². The Morgan fingerprint density at radius 1 is 0.444 bits per heavy atom. The molecule has 0 heterocycles. The van der Waals surface area contributed by atoms with Crippen LogP contribution in [0.5, 0.6) is 0 Å². The van der Waals surface area contributed by atoms with E-state index in [-0.39, 0.29) is 107 Å². The molecule has 0 fully saturated rings. The average molecular weight is 811 g/mol. The smallest absolute Gasteiger partial charge is 1.00 e. The molecule has 206 valence electrons. The minimum Gasteiger partial charge on any atom is -1.00 e. The molecule has 0 aliphatic heterocycles. The molecule has 0 spiro atoms. The number of hydrogen-bond donors (Lipinski definition) is 0. The first-order chi connectivity index (χ1) is 13.2. The first kappa shape index (κ1) is 52.8. The van der Waals surface area contributed by atoms with Crippen LogP contribution in [-0.4, -0.2) is 12.4 Å². The third-order valence-electron chi connectivity index (χ3n) is 5.16. The maximum Gasteiger partial charge on any atom is 7.00 e. The summed E-state index contributed by atoms with van der Waals surface area (Å²) in [7, 11) is 0. The van der Waals surface area contributed by atoms with Crippen LogP contribution in [0.4, 0.5) is 11.4 Å². The van der Waals surface area contributed by atoms with Gasteiger partial charge in [0.1, 0.15) is 0 Å². The molecule has 2 aromatic carbocycles. The van der Waals surface area contributed by atoms with E-state index in [2.05, 4.69) is 91.8 Å². The maximum absolute atomic E-state index is 4.84. The number of para-hydroxylation sites is 2. The average Bonchev–Trinajstić information content (AvgIpc) is 2.64. The third kappa shape index (κ3) is 14.6. The molecule has 0 amide bonds. The van der Waals surface area contributed by atoms with Gasteiger partial charge in [-0.05, 0) is 45.9 Å². The molecule has 0 aliphatic carbocycles. The molecule has 0 aliphatic rings. The molecule has 0 unspecified atom stereocenters. The molecule has 0 bridgehead atoms.